The standard InChI is InChI=1S/C17H18N2/c1-13(2)14-6-7-17-15(11-14)8-10-19(17)12-16-5-3-4-9-18-16/h3-11,13H,12H2,1-2H3. The molecule has 19 heavy (non-hydrogen) atoms. The van der Waals surface area contributed by atoms with E-state index >= 15 is 0 Å². The molecular weight excluding hydrogens is 232 g/mol. The molecular formula is C17H18N2. The van der Waals surface area contributed by atoms with Gasteiger partial charge in [0.05, 0.1) is 12.2 Å². The van der Waals surface area contributed by atoms with Crippen LogP contribution < -0.4 is 0 Å². The number of nitrogens with zero attached hydrogens (tertiary/aromatic N) is 2. The van der Waals surface area contributed by atoms with Crippen molar-refractivity contribution in [3.63, 3.8) is 0 Å². The molecule has 2 heteroatoms. The number of hydrogen-bond acceptors (Lipinski definition) is 1. The molecule has 0 saturated heterocycles. The lowest BCUT2D eigenvalue weighted by atomic mass is 10.0. The molecule has 3 rings (SSSR count). The molecule has 0 aliphatic rings. The molecule has 2 nitrogen and oxygen atoms in total. The highest BCUT2D eigenvalue weighted by Crippen LogP contribution is 2.22. The summed E-state index contributed by atoms with van der Waals surface area (Å²) in [4.78, 5) is 4.39. The van der Waals surface area contributed by atoms with E-state index in [4.69, 9.17) is 0 Å². The zero-order chi connectivity index (χ0) is 13.2. The van der Waals surface area contributed by atoms with Gasteiger partial charge in [-0.1, -0.05) is 26.0 Å². The number of hydrogen-bond donors (Lipinski definition) is 0. The summed E-state index contributed by atoms with van der Waals surface area (Å²) in [5, 5.41) is 1.31. The van der Waals surface area contributed by atoms with E-state index in [0.717, 1.165) is 12.2 Å². The van der Waals surface area contributed by atoms with Gasteiger partial charge in [-0.25, -0.2) is 0 Å². The molecule has 0 aliphatic heterocycles. The van der Waals surface area contributed by atoms with E-state index in [1.165, 1.54) is 16.5 Å². The predicted octanol–water partition coefficient (Wildman–Crippen LogP) is 4.21. The molecule has 0 fully saturated rings. The number of aromatic nitrogens is 2. The molecule has 3 aromatic rings. The molecule has 96 valence electrons. The Morgan fingerprint density at radius 1 is 1.11 bits per heavy atom. The van der Waals surface area contributed by atoms with Gasteiger partial charge in [0.1, 0.15) is 0 Å². The van der Waals surface area contributed by atoms with Crippen LogP contribution in [0.3, 0.4) is 0 Å². The fourth-order valence-corrected chi connectivity index (χ4v) is 2.38. The lowest BCUT2D eigenvalue weighted by Gasteiger charge is -2.07. The van der Waals surface area contributed by atoms with E-state index in [1.807, 2.05) is 18.3 Å². The third kappa shape index (κ3) is 2.39. The quantitative estimate of drug-likeness (QED) is 0.681. The molecule has 0 atom stereocenters. The van der Waals surface area contributed by atoms with Gasteiger partial charge in [0.15, 0.2) is 0 Å². The van der Waals surface area contributed by atoms with E-state index in [2.05, 4.69) is 59.9 Å². The molecule has 0 spiro atoms. The van der Waals surface area contributed by atoms with Gasteiger partial charge < -0.3 is 4.57 Å². The SMILES string of the molecule is CC(C)c1ccc2c(ccn2Cc2ccccn2)c1. The van der Waals surface area contributed by atoms with Crippen LogP contribution in [0.15, 0.2) is 54.9 Å². The van der Waals surface area contributed by atoms with Gasteiger partial charge in [0.2, 0.25) is 0 Å². The van der Waals surface area contributed by atoms with Crippen LogP contribution in [0.2, 0.25) is 0 Å². The Morgan fingerprint density at radius 3 is 2.74 bits per heavy atom. The van der Waals surface area contributed by atoms with Crippen molar-refractivity contribution in [3.05, 3.63) is 66.1 Å². The monoisotopic (exact) mass is 250 g/mol. The summed E-state index contributed by atoms with van der Waals surface area (Å²) in [5.41, 5.74) is 3.76. The number of pyridine rings is 1. The Morgan fingerprint density at radius 2 is 2.00 bits per heavy atom. The summed E-state index contributed by atoms with van der Waals surface area (Å²) in [6.45, 7) is 5.28. The zero-order valence-electron chi connectivity index (χ0n) is 11.4. The van der Waals surface area contributed by atoms with Crippen molar-refractivity contribution in [3.8, 4) is 0 Å². The van der Waals surface area contributed by atoms with Crippen LogP contribution in [0.25, 0.3) is 10.9 Å². The van der Waals surface area contributed by atoms with E-state index in [-0.39, 0.29) is 0 Å². The molecule has 2 heterocycles. The minimum Gasteiger partial charge on any atom is -0.341 e. The van der Waals surface area contributed by atoms with Crippen LogP contribution in [0.1, 0.15) is 31.0 Å². The fraction of sp³-hybridized carbons (Fsp3) is 0.235. The fourth-order valence-electron chi connectivity index (χ4n) is 2.38. The second kappa shape index (κ2) is 4.88. The highest BCUT2D eigenvalue weighted by atomic mass is 15.0. The summed E-state index contributed by atoms with van der Waals surface area (Å²) in [6, 6.07) is 15.0. The number of fused-ring (bicyclic) bond motifs is 1. The van der Waals surface area contributed by atoms with Gasteiger partial charge in [-0.15, -0.1) is 0 Å². The topological polar surface area (TPSA) is 17.8 Å². The number of benzene rings is 1. The first-order chi connectivity index (χ1) is 9.24. The van der Waals surface area contributed by atoms with Crippen LogP contribution in [0.4, 0.5) is 0 Å². The van der Waals surface area contributed by atoms with Gasteiger partial charge in [-0.05, 0) is 47.2 Å². The molecule has 1 aromatic carbocycles. The zero-order valence-corrected chi connectivity index (χ0v) is 11.4. The molecule has 0 aliphatic carbocycles. The Labute approximate surface area is 113 Å². The van der Waals surface area contributed by atoms with Crippen molar-refractivity contribution in [2.24, 2.45) is 0 Å². The van der Waals surface area contributed by atoms with Gasteiger partial charge >= 0.3 is 0 Å². The van der Waals surface area contributed by atoms with Crippen molar-refractivity contribution in [2.45, 2.75) is 26.3 Å². The van der Waals surface area contributed by atoms with Crippen LogP contribution >= 0.6 is 0 Å². The van der Waals surface area contributed by atoms with E-state index in [0.29, 0.717) is 5.92 Å². The average molecular weight is 250 g/mol. The lowest BCUT2D eigenvalue weighted by molar-refractivity contribution is 0.807. The first-order valence-electron chi connectivity index (χ1n) is 6.73. The first-order valence-corrected chi connectivity index (χ1v) is 6.73. The minimum absolute atomic E-state index is 0.573. The molecule has 0 amide bonds. The normalized spacial score (nSPS) is 11.3. The second-order valence-corrected chi connectivity index (χ2v) is 5.24. The maximum atomic E-state index is 4.39. The lowest BCUT2D eigenvalue weighted by Crippen LogP contribution is -1.99. The predicted molar refractivity (Wildman–Crippen MR) is 79.4 cm³/mol. The Balaban J connectivity index is 1.97. The third-order valence-electron chi connectivity index (χ3n) is 3.52. The van der Waals surface area contributed by atoms with E-state index in [1.54, 1.807) is 0 Å². The van der Waals surface area contributed by atoms with Crippen LogP contribution in [-0.2, 0) is 6.54 Å². The largest absolute Gasteiger partial charge is 0.341 e. The highest BCUT2D eigenvalue weighted by molar-refractivity contribution is 5.81. The smallest absolute Gasteiger partial charge is 0.0648 e. The summed E-state index contributed by atoms with van der Waals surface area (Å²) < 4.78 is 2.25. The van der Waals surface area contributed by atoms with Gasteiger partial charge in [-0.3, -0.25) is 4.98 Å². The van der Waals surface area contributed by atoms with E-state index < -0.39 is 0 Å². The molecule has 0 bridgehead atoms. The maximum absolute atomic E-state index is 4.39. The van der Waals surface area contributed by atoms with Crippen molar-refractivity contribution >= 4 is 10.9 Å². The molecule has 0 N–H and O–H groups in total. The minimum atomic E-state index is 0.573. The first kappa shape index (κ1) is 12.0. The summed E-state index contributed by atoms with van der Waals surface area (Å²) >= 11 is 0. The molecule has 2 aromatic heterocycles. The summed E-state index contributed by atoms with van der Waals surface area (Å²) in [6.07, 6.45) is 3.99. The van der Waals surface area contributed by atoms with Crippen molar-refractivity contribution < 1.29 is 0 Å². The van der Waals surface area contributed by atoms with Crippen molar-refractivity contribution in [1.29, 1.82) is 0 Å². The van der Waals surface area contributed by atoms with E-state index in [9.17, 15) is 0 Å². The van der Waals surface area contributed by atoms with Gasteiger partial charge in [0, 0.05) is 17.9 Å². The Hall–Kier alpha value is -2.09. The second-order valence-electron chi connectivity index (χ2n) is 5.24. The maximum Gasteiger partial charge on any atom is 0.0648 e. The summed E-state index contributed by atoms with van der Waals surface area (Å²) in [7, 11) is 0. The Kier molecular flexibility index (Phi) is 3.08. The van der Waals surface area contributed by atoms with Crippen molar-refractivity contribution in [2.75, 3.05) is 0 Å². The molecule has 0 radical (unpaired) electrons. The molecule has 0 saturated carbocycles. The van der Waals surface area contributed by atoms with Gasteiger partial charge in [-0.2, -0.15) is 0 Å². The average Bonchev–Trinajstić information content (AvgIpc) is 2.82. The van der Waals surface area contributed by atoms with Gasteiger partial charge in [0.25, 0.3) is 0 Å². The van der Waals surface area contributed by atoms with Crippen LogP contribution in [0, 0.1) is 0 Å². The Bertz CT molecular complexity index is 681. The van der Waals surface area contributed by atoms with Crippen LogP contribution in [0.5, 0.6) is 0 Å². The van der Waals surface area contributed by atoms with Crippen LogP contribution in [-0.4, -0.2) is 9.55 Å². The highest BCUT2D eigenvalue weighted by Gasteiger charge is 2.05. The third-order valence-corrected chi connectivity index (χ3v) is 3.52. The van der Waals surface area contributed by atoms with Crippen molar-refractivity contribution in [1.82, 2.24) is 9.55 Å². The molecule has 0 unspecified atom stereocenters. The number of rotatable bonds is 3. The summed E-state index contributed by atoms with van der Waals surface area (Å²) in [5.74, 6) is 0.573.